The molecule has 0 spiro atoms. The first-order valence-corrected chi connectivity index (χ1v) is 18.8. The first kappa shape index (κ1) is 38.8. The highest BCUT2D eigenvalue weighted by Gasteiger charge is 2.16. The maximum absolute atomic E-state index is 11.8. The summed E-state index contributed by atoms with van der Waals surface area (Å²) in [6.45, 7) is 15.6. The topological polar surface area (TPSA) is 59.1 Å². The summed E-state index contributed by atoms with van der Waals surface area (Å²) in [5.41, 5.74) is 13.2. The van der Waals surface area contributed by atoms with Crippen molar-refractivity contribution < 1.29 is 19.1 Å². The van der Waals surface area contributed by atoms with E-state index in [1.54, 1.807) is 24.3 Å². The number of aryl methyl sites for hydroxylation is 4. The fraction of sp³-hybridized carbons (Fsp3) is 0.120. The van der Waals surface area contributed by atoms with E-state index < -0.39 is 11.9 Å². The maximum atomic E-state index is 11.8. The molecular weight excluding hydrogens is 693 g/mol. The van der Waals surface area contributed by atoms with Gasteiger partial charge in [-0.2, -0.15) is 0 Å². The van der Waals surface area contributed by atoms with E-state index in [1.165, 1.54) is 22.3 Å². The van der Waals surface area contributed by atoms with Crippen LogP contribution in [-0.2, 0) is 22.4 Å². The van der Waals surface area contributed by atoms with Crippen molar-refractivity contribution in [3.8, 4) is 11.5 Å². The van der Waals surface area contributed by atoms with Gasteiger partial charge >= 0.3 is 11.9 Å². The van der Waals surface area contributed by atoms with Gasteiger partial charge in [-0.25, -0.2) is 9.59 Å². The number of ether oxygens (including phenoxy) is 2. The molecule has 280 valence electrons. The number of carbonyl (C=O) groups excluding carboxylic acids is 2. The smallest absolute Gasteiger partial charge is 0.335 e. The number of anilines is 6. The Bertz CT molecular complexity index is 2190. The van der Waals surface area contributed by atoms with Crippen LogP contribution in [0.3, 0.4) is 0 Å². The van der Waals surface area contributed by atoms with Crippen LogP contribution in [0.5, 0.6) is 11.5 Å². The van der Waals surface area contributed by atoms with Crippen LogP contribution >= 0.6 is 0 Å². The van der Waals surface area contributed by atoms with Crippen LogP contribution < -0.4 is 19.3 Å². The largest absolute Gasteiger partial charge is 0.423 e. The van der Waals surface area contributed by atoms with Gasteiger partial charge in [-0.15, -0.1) is 0 Å². The normalized spacial score (nSPS) is 10.9. The van der Waals surface area contributed by atoms with Crippen molar-refractivity contribution in [2.24, 2.45) is 0 Å². The summed E-state index contributed by atoms with van der Waals surface area (Å²) in [7, 11) is 0. The minimum absolute atomic E-state index is 0.459. The van der Waals surface area contributed by atoms with Crippen molar-refractivity contribution in [3.63, 3.8) is 0 Å². The number of nitrogens with zero attached hydrogens (tertiary/aromatic N) is 2. The van der Waals surface area contributed by atoms with Gasteiger partial charge < -0.3 is 19.3 Å². The fourth-order valence-corrected chi connectivity index (χ4v) is 6.55. The van der Waals surface area contributed by atoms with Gasteiger partial charge in [0.1, 0.15) is 11.5 Å². The Hall–Kier alpha value is -6.92. The SMILES string of the molecule is C=CC(=O)Oc1ccc(N(c2ccc(C=Cc3ccc(N(c4ccc(OC(=O)C=C)cc4)c4ccc(C)c(CC)c4)cc3)cc2)c2ccc(C)c(CC)c2)cc1. The number of hydrogen-bond donors (Lipinski definition) is 0. The van der Waals surface area contributed by atoms with Crippen molar-refractivity contribution in [3.05, 3.63) is 192 Å². The molecule has 0 saturated carbocycles. The van der Waals surface area contributed by atoms with E-state index in [2.05, 4.69) is 148 Å². The van der Waals surface area contributed by atoms with Crippen LogP contribution in [0.1, 0.15) is 47.2 Å². The van der Waals surface area contributed by atoms with E-state index in [1.807, 2.05) is 24.3 Å². The summed E-state index contributed by atoms with van der Waals surface area (Å²) >= 11 is 0. The molecule has 0 atom stereocenters. The third-order valence-corrected chi connectivity index (χ3v) is 9.67. The molecule has 0 fully saturated rings. The average Bonchev–Trinajstić information content (AvgIpc) is 3.23. The molecule has 0 aliphatic rings. The average molecular weight is 739 g/mol. The number of hydrogen-bond acceptors (Lipinski definition) is 6. The molecule has 6 heteroatoms. The number of benzene rings is 6. The molecule has 0 radical (unpaired) electrons. The predicted molar refractivity (Wildman–Crippen MR) is 231 cm³/mol. The van der Waals surface area contributed by atoms with E-state index in [9.17, 15) is 9.59 Å². The first-order chi connectivity index (χ1) is 27.2. The van der Waals surface area contributed by atoms with Crippen molar-refractivity contribution >= 4 is 58.2 Å². The van der Waals surface area contributed by atoms with Crippen molar-refractivity contribution in [2.45, 2.75) is 40.5 Å². The molecule has 0 unspecified atom stereocenters. The molecule has 0 aliphatic carbocycles. The van der Waals surface area contributed by atoms with Crippen molar-refractivity contribution in [1.82, 2.24) is 0 Å². The second-order valence-corrected chi connectivity index (χ2v) is 13.4. The molecule has 56 heavy (non-hydrogen) atoms. The Kier molecular flexibility index (Phi) is 12.4. The van der Waals surface area contributed by atoms with Gasteiger partial charge in [0.25, 0.3) is 0 Å². The molecule has 6 rings (SSSR count). The second-order valence-electron chi connectivity index (χ2n) is 13.4. The lowest BCUT2D eigenvalue weighted by molar-refractivity contribution is -0.129. The number of carbonyl (C=O) groups is 2. The third-order valence-electron chi connectivity index (χ3n) is 9.67. The molecule has 0 aliphatic heterocycles. The molecule has 6 aromatic rings. The van der Waals surface area contributed by atoms with Crippen LogP contribution in [0, 0.1) is 13.8 Å². The Morgan fingerprint density at radius 3 is 1.09 bits per heavy atom. The lowest BCUT2D eigenvalue weighted by Gasteiger charge is -2.26. The van der Waals surface area contributed by atoms with E-state index in [0.29, 0.717) is 11.5 Å². The van der Waals surface area contributed by atoms with E-state index in [-0.39, 0.29) is 0 Å². The standard InChI is InChI=1S/C50H46N2O4/c1-7-39-33-45(19-11-35(39)5)51(43-25-29-47(30-26-43)55-49(53)9-3)41-21-15-37(16-22-41)13-14-38-17-23-42(24-18-38)52(46-20-12-36(6)40(8-2)34-46)44-27-31-48(32-28-44)56-50(54)10-4/h9-34H,3-4,7-8H2,1-2,5-6H3. The Balaban J connectivity index is 1.26. The highest BCUT2D eigenvalue weighted by atomic mass is 16.5. The highest BCUT2D eigenvalue weighted by Crippen LogP contribution is 2.38. The highest BCUT2D eigenvalue weighted by molar-refractivity contribution is 5.85. The Morgan fingerprint density at radius 1 is 0.482 bits per heavy atom. The maximum Gasteiger partial charge on any atom is 0.335 e. The van der Waals surface area contributed by atoms with Gasteiger partial charge in [-0.05, 0) is 157 Å². The monoisotopic (exact) mass is 738 g/mol. The van der Waals surface area contributed by atoms with Crippen LogP contribution in [0.15, 0.2) is 159 Å². The third kappa shape index (κ3) is 9.23. The summed E-state index contributed by atoms with van der Waals surface area (Å²) in [6.07, 6.45) is 8.40. The molecule has 0 saturated heterocycles. The van der Waals surface area contributed by atoms with Crippen LogP contribution in [0.2, 0.25) is 0 Å². The molecule has 0 N–H and O–H groups in total. The first-order valence-electron chi connectivity index (χ1n) is 18.8. The van der Waals surface area contributed by atoms with Crippen molar-refractivity contribution in [2.75, 3.05) is 9.80 Å². The van der Waals surface area contributed by atoms with E-state index in [4.69, 9.17) is 9.47 Å². The van der Waals surface area contributed by atoms with Gasteiger partial charge in [0.2, 0.25) is 0 Å². The zero-order chi connectivity index (χ0) is 39.6. The summed E-state index contributed by atoms with van der Waals surface area (Å²) < 4.78 is 10.7. The van der Waals surface area contributed by atoms with E-state index in [0.717, 1.165) is 70.2 Å². The van der Waals surface area contributed by atoms with Gasteiger partial charge in [0.05, 0.1) is 0 Å². The molecule has 0 bridgehead atoms. The van der Waals surface area contributed by atoms with E-state index >= 15 is 0 Å². The molecule has 6 aromatic carbocycles. The van der Waals surface area contributed by atoms with Crippen LogP contribution in [-0.4, -0.2) is 11.9 Å². The summed E-state index contributed by atoms with van der Waals surface area (Å²) in [5, 5.41) is 0. The molecule has 0 amide bonds. The molecule has 0 aromatic heterocycles. The number of esters is 2. The Labute approximate surface area is 330 Å². The number of rotatable bonds is 14. The summed E-state index contributed by atoms with van der Waals surface area (Å²) in [4.78, 5) is 27.9. The van der Waals surface area contributed by atoms with Gasteiger partial charge in [0, 0.05) is 46.3 Å². The van der Waals surface area contributed by atoms with Crippen molar-refractivity contribution in [1.29, 1.82) is 0 Å². The zero-order valence-electron chi connectivity index (χ0n) is 32.4. The minimum Gasteiger partial charge on any atom is -0.423 e. The molecule has 6 nitrogen and oxygen atoms in total. The van der Waals surface area contributed by atoms with Gasteiger partial charge in [0.15, 0.2) is 0 Å². The summed E-state index contributed by atoms with van der Waals surface area (Å²) in [5.74, 6) is -0.0676. The zero-order valence-corrected chi connectivity index (χ0v) is 32.4. The van der Waals surface area contributed by atoms with Gasteiger partial charge in [-0.1, -0.05) is 75.6 Å². The fourth-order valence-electron chi connectivity index (χ4n) is 6.55. The molecule has 0 heterocycles. The van der Waals surface area contributed by atoms with Crippen LogP contribution in [0.25, 0.3) is 12.2 Å². The minimum atomic E-state index is -0.493. The van der Waals surface area contributed by atoms with Crippen LogP contribution in [0.4, 0.5) is 34.1 Å². The predicted octanol–water partition coefficient (Wildman–Crippen LogP) is 12.7. The Morgan fingerprint density at radius 2 is 0.786 bits per heavy atom. The lowest BCUT2D eigenvalue weighted by Crippen LogP contribution is -2.11. The molecular formula is C50H46N2O4. The quantitative estimate of drug-likeness (QED) is 0.0480. The second kappa shape index (κ2) is 17.9. The van der Waals surface area contributed by atoms with Gasteiger partial charge in [-0.3, -0.25) is 0 Å². The lowest BCUT2D eigenvalue weighted by atomic mass is 10.0. The summed E-state index contributed by atoms with van der Waals surface area (Å²) in [6, 6.07) is 45.0.